The molecule has 2 aliphatic rings. The van der Waals surface area contributed by atoms with Crippen LogP contribution in [0, 0.1) is 6.92 Å². The minimum Gasteiger partial charge on any atom is -0.395 e. The van der Waals surface area contributed by atoms with Crippen molar-refractivity contribution >= 4 is 16.7 Å². The van der Waals surface area contributed by atoms with Crippen LogP contribution in [0.3, 0.4) is 0 Å². The predicted octanol–water partition coefficient (Wildman–Crippen LogP) is 0.372. The number of hydrogen-bond donors (Lipinski definition) is 1. The molecule has 4 rings (SSSR count). The second-order valence-electron chi connectivity index (χ2n) is 7.15. The molecule has 2 atom stereocenters. The molecule has 3 heterocycles. The van der Waals surface area contributed by atoms with Crippen molar-refractivity contribution in [3.8, 4) is 0 Å². The Bertz CT molecular complexity index is 894. The Labute approximate surface area is 151 Å². The molecular weight excluding hydrogens is 332 g/mol. The Morgan fingerprint density at radius 3 is 2.69 bits per heavy atom. The first-order valence-corrected chi connectivity index (χ1v) is 9.21. The molecule has 0 unspecified atom stereocenters. The number of benzene rings is 1. The number of β-amino-alcohol motifs (C(OH)–C–C–N with tert-alkyl or cyclic N) is 1. The molecule has 2 aromatic rings. The van der Waals surface area contributed by atoms with E-state index in [1.807, 2.05) is 30.0 Å². The molecule has 1 aromatic carbocycles. The summed E-state index contributed by atoms with van der Waals surface area (Å²) in [6, 6.07) is 7.89. The first kappa shape index (κ1) is 17.2. The number of aryl methyl sites for hydroxylation is 1. The number of amides is 1. The predicted molar refractivity (Wildman–Crippen MR) is 97.9 cm³/mol. The minimum atomic E-state index is -0.219. The highest BCUT2D eigenvalue weighted by atomic mass is 16.3. The van der Waals surface area contributed by atoms with Crippen molar-refractivity contribution in [2.75, 3.05) is 26.2 Å². The maximum atomic E-state index is 12.9. The Morgan fingerprint density at radius 2 is 1.92 bits per heavy atom. The summed E-state index contributed by atoms with van der Waals surface area (Å²) in [7, 11) is 0. The lowest BCUT2D eigenvalue weighted by Gasteiger charge is -2.25. The fourth-order valence-corrected chi connectivity index (χ4v) is 4.52. The van der Waals surface area contributed by atoms with Crippen LogP contribution in [0.15, 0.2) is 29.1 Å². The molecule has 1 aromatic heterocycles. The molecule has 2 aliphatic heterocycles. The van der Waals surface area contributed by atoms with Crippen LogP contribution >= 0.6 is 0 Å². The second-order valence-corrected chi connectivity index (χ2v) is 7.15. The number of carbonyl (C=O) groups is 1. The molecular formula is C19H24N4O3. The van der Waals surface area contributed by atoms with Crippen molar-refractivity contribution in [1.29, 1.82) is 0 Å². The van der Waals surface area contributed by atoms with Gasteiger partial charge in [-0.25, -0.2) is 4.68 Å². The molecule has 1 amide bonds. The summed E-state index contributed by atoms with van der Waals surface area (Å²) in [6.45, 7) is 4.26. The smallest absolute Gasteiger partial charge is 0.275 e. The van der Waals surface area contributed by atoms with Crippen LogP contribution < -0.4 is 5.56 Å². The van der Waals surface area contributed by atoms with E-state index in [4.69, 9.17) is 0 Å². The molecule has 2 fully saturated rings. The third kappa shape index (κ3) is 2.81. The minimum absolute atomic E-state index is 0.0201. The van der Waals surface area contributed by atoms with Crippen LogP contribution in [0.25, 0.3) is 10.8 Å². The van der Waals surface area contributed by atoms with E-state index in [-0.39, 0.29) is 30.7 Å². The zero-order valence-electron chi connectivity index (χ0n) is 15.0. The van der Waals surface area contributed by atoms with Gasteiger partial charge in [0, 0.05) is 37.1 Å². The normalized spacial score (nSPS) is 22.9. The Balaban J connectivity index is 1.55. The molecule has 0 saturated carbocycles. The fourth-order valence-electron chi connectivity index (χ4n) is 4.52. The van der Waals surface area contributed by atoms with E-state index in [1.165, 1.54) is 4.68 Å². The van der Waals surface area contributed by atoms with Crippen LogP contribution in [0.4, 0.5) is 0 Å². The van der Waals surface area contributed by atoms with E-state index >= 15 is 0 Å². The molecule has 7 heteroatoms. The summed E-state index contributed by atoms with van der Waals surface area (Å²) in [4.78, 5) is 29.7. The van der Waals surface area contributed by atoms with Gasteiger partial charge in [0.2, 0.25) is 5.91 Å². The first-order valence-electron chi connectivity index (χ1n) is 9.21. The summed E-state index contributed by atoms with van der Waals surface area (Å²) >= 11 is 0. The molecule has 138 valence electrons. The van der Waals surface area contributed by atoms with E-state index in [9.17, 15) is 14.7 Å². The molecule has 1 N–H and O–H groups in total. The molecule has 0 spiro atoms. The number of aliphatic hydroxyl groups is 1. The Hall–Kier alpha value is -2.25. The number of fused-ring (bicyclic) bond motifs is 2. The van der Waals surface area contributed by atoms with Crippen LogP contribution in [0.2, 0.25) is 0 Å². The van der Waals surface area contributed by atoms with E-state index in [0.717, 1.165) is 30.5 Å². The second kappa shape index (κ2) is 6.81. The highest BCUT2D eigenvalue weighted by Gasteiger charge is 2.43. The Kier molecular flexibility index (Phi) is 4.50. The van der Waals surface area contributed by atoms with Crippen LogP contribution in [0.5, 0.6) is 0 Å². The summed E-state index contributed by atoms with van der Waals surface area (Å²) in [5, 5.41) is 15.0. The fraction of sp³-hybridized carbons (Fsp3) is 0.526. The van der Waals surface area contributed by atoms with Crippen molar-refractivity contribution in [2.24, 2.45) is 0 Å². The molecule has 2 saturated heterocycles. The van der Waals surface area contributed by atoms with Crippen molar-refractivity contribution in [2.45, 2.75) is 38.4 Å². The number of carbonyl (C=O) groups excluding carboxylic acids is 1. The van der Waals surface area contributed by atoms with E-state index < -0.39 is 0 Å². The third-order valence-electron chi connectivity index (χ3n) is 5.74. The lowest BCUT2D eigenvalue weighted by Crippen LogP contribution is -2.43. The van der Waals surface area contributed by atoms with Gasteiger partial charge < -0.3 is 10.0 Å². The van der Waals surface area contributed by atoms with Crippen LogP contribution in [-0.4, -0.2) is 68.9 Å². The molecule has 0 bridgehead atoms. The summed E-state index contributed by atoms with van der Waals surface area (Å²) in [5.74, 6) is -0.0485. The van der Waals surface area contributed by atoms with E-state index in [1.54, 1.807) is 6.07 Å². The van der Waals surface area contributed by atoms with Crippen molar-refractivity contribution in [3.05, 3.63) is 40.3 Å². The highest BCUT2D eigenvalue weighted by molar-refractivity contribution is 5.83. The van der Waals surface area contributed by atoms with Gasteiger partial charge in [0.05, 0.1) is 17.7 Å². The zero-order chi connectivity index (χ0) is 18.3. The average Bonchev–Trinajstić information content (AvgIpc) is 3.23. The third-order valence-corrected chi connectivity index (χ3v) is 5.74. The van der Waals surface area contributed by atoms with E-state index in [2.05, 4.69) is 10.00 Å². The van der Waals surface area contributed by atoms with Crippen LogP contribution in [-0.2, 0) is 11.3 Å². The molecule has 0 radical (unpaired) electrons. The van der Waals surface area contributed by atoms with Gasteiger partial charge in [-0.2, -0.15) is 5.10 Å². The number of nitrogens with zero attached hydrogens (tertiary/aromatic N) is 4. The maximum Gasteiger partial charge on any atom is 0.275 e. The van der Waals surface area contributed by atoms with Crippen molar-refractivity contribution in [1.82, 2.24) is 19.6 Å². The summed E-state index contributed by atoms with van der Waals surface area (Å²) < 4.78 is 1.30. The lowest BCUT2D eigenvalue weighted by molar-refractivity contribution is -0.132. The number of hydrogen-bond acceptors (Lipinski definition) is 5. The number of rotatable bonds is 4. The first-order chi connectivity index (χ1) is 12.6. The van der Waals surface area contributed by atoms with Gasteiger partial charge in [-0.1, -0.05) is 18.2 Å². The Morgan fingerprint density at radius 1 is 1.19 bits per heavy atom. The SMILES string of the molecule is Cc1nn(CC(=O)N2CC[C@H]3[C@@H]2CCN3CCO)c(=O)c2ccccc12. The van der Waals surface area contributed by atoms with Gasteiger partial charge in [0.15, 0.2) is 0 Å². The molecule has 7 nitrogen and oxygen atoms in total. The standard InChI is InChI=1S/C19H24N4O3/c1-13-14-4-2-3-5-15(14)19(26)23(20-13)12-18(25)22-9-7-16-17(22)6-8-21(16)10-11-24/h2-5,16-17,24H,6-12H2,1H3/t16-,17-/m0/s1. The van der Waals surface area contributed by atoms with Gasteiger partial charge in [-0.05, 0) is 25.8 Å². The zero-order valence-corrected chi connectivity index (χ0v) is 15.0. The molecule has 26 heavy (non-hydrogen) atoms. The average molecular weight is 356 g/mol. The van der Waals surface area contributed by atoms with Gasteiger partial charge in [0.1, 0.15) is 6.54 Å². The number of aromatic nitrogens is 2. The van der Waals surface area contributed by atoms with Crippen molar-refractivity contribution in [3.63, 3.8) is 0 Å². The molecule has 0 aliphatic carbocycles. The quantitative estimate of drug-likeness (QED) is 0.856. The monoisotopic (exact) mass is 356 g/mol. The van der Waals surface area contributed by atoms with E-state index in [0.29, 0.717) is 24.5 Å². The highest BCUT2D eigenvalue weighted by Crippen LogP contribution is 2.31. The summed E-state index contributed by atoms with van der Waals surface area (Å²) in [5.41, 5.74) is 0.533. The van der Waals surface area contributed by atoms with Crippen molar-refractivity contribution < 1.29 is 9.90 Å². The van der Waals surface area contributed by atoms with Gasteiger partial charge in [0.25, 0.3) is 5.56 Å². The van der Waals surface area contributed by atoms with Gasteiger partial charge >= 0.3 is 0 Å². The number of likely N-dealkylation sites (tertiary alicyclic amines) is 2. The summed E-state index contributed by atoms with van der Waals surface area (Å²) in [6.07, 6.45) is 1.85. The lowest BCUT2D eigenvalue weighted by atomic mass is 10.1. The van der Waals surface area contributed by atoms with Gasteiger partial charge in [-0.3, -0.25) is 14.5 Å². The maximum absolute atomic E-state index is 12.9. The largest absolute Gasteiger partial charge is 0.395 e. The number of aliphatic hydroxyl groups excluding tert-OH is 1. The topological polar surface area (TPSA) is 78.7 Å². The van der Waals surface area contributed by atoms with Gasteiger partial charge in [-0.15, -0.1) is 0 Å². The van der Waals surface area contributed by atoms with Crippen LogP contribution in [0.1, 0.15) is 18.5 Å².